The summed E-state index contributed by atoms with van der Waals surface area (Å²) in [6.07, 6.45) is 1.19. The van der Waals surface area contributed by atoms with E-state index in [0.29, 0.717) is 28.5 Å². The molecule has 6 nitrogen and oxygen atoms in total. The number of nitrogens with one attached hydrogen (secondary N) is 2. The lowest BCUT2D eigenvalue weighted by Crippen LogP contribution is -2.18. The number of hydrogen-bond acceptors (Lipinski definition) is 4. The van der Waals surface area contributed by atoms with Crippen molar-refractivity contribution < 1.29 is 22.7 Å². The van der Waals surface area contributed by atoms with E-state index in [4.69, 9.17) is 4.74 Å². The summed E-state index contributed by atoms with van der Waals surface area (Å²) in [5.41, 5.74) is 3.51. The minimum Gasteiger partial charge on any atom is -0.381 e. The first-order chi connectivity index (χ1) is 19.8. The molecule has 1 aliphatic rings. The Morgan fingerprint density at radius 1 is 1.02 bits per heavy atom. The number of carbonyl (C=O) groups excluding carboxylic acids is 1. The number of fused-ring (bicyclic) bond motifs is 1. The molecule has 0 radical (unpaired) electrons. The molecule has 4 aromatic rings. The van der Waals surface area contributed by atoms with Gasteiger partial charge in [0.1, 0.15) is 12.2 Å². The molecule has 0 aliphatic carbocycles. The van der Waals surface area contributed by atoms with Crippen LogP contribution in [0.15, 0.2) is 72.9 Å². The number of rotatable bonds is 8. The van der Waals surface area contributed by atoms with Crippen LogP contribution in [0.3, 0.4) is 0 Å². The van der Waals surface area contributed by atoms with E-state index in [9.17, 15) is 18.0 Å². The van der Waals surface area contributed by atoms with Crippen LogP contribution in [0.5, 0.6) is 0 Å². The van der Waals surface area contributed by atoms with Crippen molar-refractivity contribution in [1.29, 1.82) is 0 Å². The summed E-state index contributed by atoms with van der Waals surface area (Å²) in [6.45, 7) is 0.691. The molecule has 0 saturated carbocycles. The van der Waals surface area contributed by atoms with Crippen LogP contribution in [-0.4, -0.2) is 41.4 Å². The Labute approximate surface area is 236 Å². The smallest absolute Gasteiger partial charge is 0.381 e. The summed E-state index contributed by atoms with van der Waals surface area (Å²) in [7, 11) is 0. The third-order valence-electron chi connectivity index (χ3n) is 7.11. The van der Waals surface area contributed by atoms with Gasteiger partial charge in [-0.25, -0.2) is 4.98 Å². The Morgan fingerprint density at radius 2 is 1.83 bits per heavy atom. The first-order valence-corrected chi connectivity index (χ1v) is 13.7. The second-order valence-corrected chi connectivity index (χ2v) is 10.1. The maximum atomic E-state index is 13.4. The summed E-state index contributed by atoms with van der Waals surface area (Å²) in [5, 5.41) is 6.61. The summed E-state index contributed by atoms with van der Waals surface area (Å²) >= 11 is 0. The minimum absolute atomic E-state index is 0.196. The number of halogens is 3. The highest BCUT2D eigenvalue weighted by Crippen LogP contribution is 2.28. The van der Waals surface area contributed by atoms with Crippen LogP contribution in [0, 0.1) is 17.8 Å². The van der Waals surface area contributed by atoms with Crippen molar-refractivity contribution in [2.75, 3.05) is 30.4 Å². The van der Waals surface area contributed by atoms with Crippen LogP contribution < -0.4 is 10.6 Å². The molecular weight excluding hydrogens is 529 g/mol. The molecule has 1 amide bonds. The highest BCUT2D eigenvalue weighted by Gasteiger charge is 2.29. The standard InChI is InChI=1S/C32H31F3N4O2/c33-32(34,35)22-39-28(20-25-19-24(10-13-30(25)39)9-8-23-14-17-41-18-15-23)7-4-16-36-27-11-12-29(37-21-27)31(40)38-26-5-2-1-3-6-26/h1-3,5-6,10-13,19-21,23,36H,8-9,14-18,22H2,(H,38,40). The molecule has 212 valence electrons. The molecule has 41 heavy (non-hydrogen) atoms. The molecule has 2 aromatic heterocycles. The Morgan fingerprint density at radius 3 is 2.56 bits per heavy atom. The summed E-state index contributed by atoms with van der Waals surface area (Å²) in [4.78, 5) is 16.6. The average molecular weight is 561 g/mol. The fourth-order valence-corrected chi connectivity index (χ4v) is 4.97. The van der Waals surface area contributed by atoms with Crippen molar-refractivity contribution in [1.82, 2.24) is 9.55 Å². The van der Waals surface area contributed by atoms with Crippen molar-refractivity contribution in [2.45, 2.75) is 38.4 Å². The minimum atomic E-state index is -4.37. The Kier molecular flexibility index (Phi) is 8.90. The van der Waals surface area contributed by atoms with E-state index in [1.807, 2.05) is 30.3 Å². The van der Waals surface area contributed by atoms with Gasteiger partial charge in [-0.05, 0) is 85.5 Å². The van der Waals surface area contributed by atoms with E-state index in [2.05, 4.69) is 27.5 Å². The number of hydrogen-bond donors (Lipinski definition) is 2. The number of nitrogens with zero attached hydrogens (tertiary/aromatic N) is 2. The van der Waals surface area contributed by atoms with Gasteiger partial charge in [-0.2, -0.15) is 13.2 Å². The molecule has 1 fully saturated rings. The van der Waals surface area contributed by atoms with Gasteiger partial charge in [0.25, 0.3) is 5.91 Å². The van der Waals surface area contributed by atoms with Gasteiger partial charge in [0.2, 0.25) is 0 Å². The molecule has 1 aliphatic heterocycles. The lowest BCUT2D eigenvalue weighted by atomic mass is 9.92. The van der Waals surface area contributed by atoms with E-state index in [1.54, 1.807) is 36.4 Å². The molecule has 2 N–H and O–H groups in total. The van der Waals surface area contributed by atoms with Crippen LogP contribution in [0.1, 0.15) is 41.0 Å². The fraction of sp³-hybridized carbons (Fsp3) is 0.312. The molecule has 1 saturated heterocycles. The predicted octanol–water partition coefficient (Wildman–Crippen LogP) is 6.67. The number of anilines is 2. The third-order valence-corrected chi connectivity index (χ3v) is 7.11. The summed E-state index contributed by atoms with van der Waals surface area (Å²) in [5.74, 6) is 6.13. The zero-order chi connectivity index (χ0) is 28.7. The first kappa shape index (κ1) is 28.2. The summed E-state index contributed by atoms with van der Waals surface area (Å²) < 4.78 is 46.9. The number of benzene rings is 2. The first-order valence-electron chi connectivity index (χ1n) is 13.7. The van der Waals surface area contributed by atoms with Gasteiger partial charge in [-0.1, -0.05) is 30.2 Å². The predicted molar refractivity (Wildman–Crippen MR) is 154 cm³/mol. The fourth-order valence-electron chi connectivity index (χ4n) is 4.97. The number of ether oxygens (including phenoxy) is 1. The lowest BCUT2D eigenvalue weighted by Gasteiger charge is -2.21. The van der Waals surface area contributed by atoms with Crippen LogP contribution in [0.25, 0.3) is 10.9 Å². The monoisotopic (exact) mass is 560 g/mol. The number of alkyl halides is 3. The second-order valence-electron chi connectivity index (χ2n) is 10.1. The highest BCUT2D eigenvalue weighted by molar-refractivity contribution is 6.02. The lowest BCUT2D eigenvalue weighted by molar-refractivity contribution is -0.140. The van der Waals surface area contributed by atoms with Crippen LogP contribution in [-0.2, 0) is 17.7 Å². The van der Waals surface area contributed by atoms with Gasteiger partial charge < -0.3 is 19.9 Å². The third kappa shape index (κ3) is 7.89. The normalized spacial score (nSPS) is 13.9. The largest absolute Gasteiger partial charge is 0.406 e. The van der Waals surface area contributed by atoms with Gasteiger partial charge in [0, 0.05) is 29.8 Å². The van der Waals surface area contributed by atoms with Crippen molar-refractivity contribution in [3.05, 3.63) is 89.9 Å². The van der Waals surface area contributed by atoms with Gasteiger partial charge in [-0.3, -0.25) is 4.79 Å². The molecule has 0 atom stereocenters. The van der Waals surface area contributed by atoms with E-state index in [0.717, 1.165) is 49.8 Å². The van der Waals surface area contributed by atoms with Crippen LogP contribution in [0.2, 0.25) is 0 Å². The SMILES string of the molecule is O=C(Nc1ccccc1)c1ccc(NCC#Cc2cc3cc(CCC4CCOCC4)ccc3n2CC(F)(F)F)cn1. The molecule has 9 heteroatoms. The van der Waals surface area contributed by atoms with E-state index in [-0.39, 0.29) is 18.1 Å². The van der Waals surface area contributed by atoms with Crippen molar-refractivity contribution in [2.24, 2.45) is 5.92 Å². The maximum Gasteiger partial charge on any atom is 0.406 e. The number of aryl methyl sites for hydroxylation is 1. The molecule has 5 rings (SSSR count). The number of amides is 1. The number of pyridine rings is 1. The number of para-hydroxylation sites is 1. The molecule has 0 spiro atoms. The Hall–Kier alpha value is -4.29. The van der Waals surface area contributed by atoms with Gasteiger partial charge in [0.15, 0.2) is 0 Å². The molecule has 0 unspecified atom stereocenters. The zero-order valence-corrected chi connectivity index (χ0v) is 22.5. The quantitative estimate of drug-likeness (QED) is 0.236. The molecule has 3 heterocycles. The molecular formula is C32H31F3N4O2. The van der Waals surface area contributed by atoms with Gasteiger partial charge >= 0.3 is 6.18 Å². The zero-order valence-electron chi connectivity index (χ0n) is 22.5. The van der Waals surface area contributed by atoms with Crippen molar-refractivity contribution in [3.63, 3.8) is 0 Å². The Balaban J connectivity index is 1.24. The molecule has 0 bridgehead atoms. The van der Waals surface area contributed by atoms with Crippen molar-refractivity contribution in [3.8, 4) is 11.8 Å². The Bertz CT molecular complexity index is 1530. The van der Waals surface area contributed by atoms with Gasteiger partial charge in [0.05, 0.1) is 24.1 Å². The average Bonchev–Trinajstić information content (AvgIpc) is 3.30. The summed E-state index contributed by atoms with van der Waals surface area (Å²) in [6, 6.07) is 19.8. The van der Waals surface area contributed by atoms with Crippen LogP contribution >= 0.6 is 0 Å². The number of carbonyl (C=O) groups is 1. The van der Waals surface area contributed by atoms with E-state index >= 15 is 0 Å². The topological polar surface area (TPSA) is 68.2 Å². The van der Waals surface area contributed by atoms with E-state index < -0.39 is 12.7 Å². The van der Waals surface area contributed by atoms with Crippen molar-refractivity contribution >= 4 is 28.2 Å². The van der Waals surface area contributed by atoms with E-state index in [1.165, 1.54) is 10.8 Å². The molecule has 2 aromatic carbocycles. The highest BCUT2D eigenvalue weighted by atomic mass is 19.4. The maximum absolute atomic E-state index is 13.4. The van der Waals surface area contributed by atoms with Crippen LogP contribution in [0.4, 0.5) is 24.5 Å². The van der Waals surface area contributed by atoms with Gasteiger partial charge in [-0.15, -0.1) is 0 Å². The second kappa shape index (κ2) is 12.9. The number of aromatic nitrogens is 2.